The van der Waals surface area contributed by atoms with Crippen LogP contribution in [-0.4, -0.2) is 43.0 Å². The first-order chi connectivity index (χ1) is 13.8. The standard InChI is InChI=1S/C20H27N5O4/c1-5-13(3)21-19-22-17-16(18(27)23-20(28)24(17)4)25(19)10-14(26)11-29-15-8-6-7-12(2)9-15/h6-9,13-14,26H,5,10-11H2,1-4H3,(H,21,22)(H,23,27,28). The third-order valence-corrected chi connectivity index (χ3v) is 4.82. The van der Waals surface area contributed by atoms with Gasteiger partial charge in [-0.1, -0.05) is 19.1 Å². The fraction of sp³-hybridized carbons (Fsp3) is 0.450. The number of nitrogens with one attached hydrogen (secondary N) is 2. The van der Waals surface area contributed by atoms with Gasteiger partial charge in [-0.3, -0.25) is 14.3 Å². The minimum absolute atomic E-state index is 0.0512. The first-order valence-electron chi connectivity index (χ1n) is 9.63. The lowest BCUT2D eigenvalue weighted by molar-refractivity contribution is 0.0937. The number of anilines is 1. The molecule has 3 aromatic rings. The summed E-state index contributed by atoms with van der Waals surface area (Å²) in [5, 5.41) is 13.8. The Kier molecular flexibility index (Phi) is 6.07. The number of hydrogen-bond donors (Lipinski definition) is 3. The summed E-state index contributed by atoms with van der Waals surface area (Å²) in [6, 6.07) is 7.65. The molecule has 0 bridgehead atoms. The van der Waals surface area contributed by atoms with E-state index >= 15 is 0 Å². The van der Waals surface area contributed by atoms with Gasteiger partial charge in [0.1, 0.15) is 18.5 Å². The molecular formula is C20H27N5O4. The van der Waals surface area contributed by atoms with Crippen molar-refractivity contribution in [1.29, 1.82) is 0 Å². The van der Waals surface area contributed by atoms with Crippen LogP contribution in [0.1, 0.15) is 25.8 Å². The highest BCUT2D eigenvalue weighted by atomic mass is 16.5. The predicted octanol–water partition coefficient (Wildman–Crippen LogP) is 1.38. The maximum atomic E-state index is 12.5. The summed E-state index contributed by atoms with van der Waals surface area (Å²) >= 11 is 0. The third-order valence-electron chi connectivity index (χ3n) is 4.82. The molecule has 2 unspecified atom stereocenters. The van der Waals surface area contributed by atoms with Crippen LogP contribution in [0.2, 0.25) is 0 Å². The third kappa shape index (κ3) is 4.51. The number of aryl methyl sites for hydroxylation is 2. The van der Waals surface area contributed by atoms with Crippen molar-refractivity contribution < 1.29 is 9.84 Å². The van der Waals surface area contributed by atoms with Gasteiger partial charge in [-0.25, -0.2) is 4.79 Å². The molecule has 29 heavy (non-hydrogen) atoms. The highest BCUT2D eigenvalue weighted by Gasteiger charge is 2.20. The lowest BCUT2D eigenvalue weighted by atomic mass is 10.2. The van der Waals surface area contributed by atoms with Crippen LogP contribution in [0.3, 0.4) is 0 Å². The van der Waals surface area contributed by atoms with Crippen molar-refractivity contribution in [3.63, 3.8) is 0 Å². The smallest absolute Gasteiger partial charge is 0.329 e. The Labute approximate surface area is 168 Å². The average molecular weight is 401 g/mol. The van der Waals surface area contributed by atoms with Gasteiger partial charge in [0.2, 0.25) is 5.95 Å². The molecule has 2 atom stereocenters. The fourth-order valence-corrected chi connectivity index (χ4v) is 3.01. The second-order valence-corrected chi connectivity index (χ2v) is 7.27. The number of H-pyrrole nitrogens is 1. The van der Waals surface area contributed by atoms with E-state index in [-0.39, 0.29) is 30.4 Å². The Hall–Kier alpha value is -3.07. The van der Waals surface area contributed by atoms with E-state index in [2.05, 4.69) is 15.3 Å². The van der Waals surface area contributed by atoms with E-state index in [9.17, 15) is 14.7 Å². The average Bonchev–Trinajstić information content (AvgIpc) is 3.03. The van der Waals surface area contributed by atoms with Crippen LogP contribution in [0.5, 0.6) is 5.75 Å². The van der Waals surface area contributed by atoms with E-state index in [4.69, 9.17) is 4.74 Å². The van der Waals surface area contributed by atoms with E-state index in [0.29, 0.717) is 11.7 Å². The molecule has 0 fully saturated rings. The number of imidazole rings is 1. The summed E-state index contributed by atoms with van der Waals surface area (Å²) in [7, 11) is 1.54. The van der Waals surface area contributed by atoms with Gasteiger partial charge in [0, 0.05) is 13.1 Å². The molecule has 9 nitrogen and oxygen atoms in total. The van der Waals surface area contributed by atoms with Crippen LogP contribution in [0.15, 0.2) is 33.9 Å². The number of benzene rings is 1. The molecule has 0 spiro atoms. The summed E-state index contributed by atoms with van der Waals surface area (Å²) in [5.41, 5.74) is 0.471. The van der Waals surface area contributed by atoms with Crippen molar-refractivity contribution in [2.75, 3.05) is 11.9 Å². The zero-order valence-electron chi connectivity index (χ0n) is 17.1. The predicted molar refractivity (Wildman–Crippen MR) is 112 cm³/mol. The number of ether oxygens (including phenoxy) is 1. The maximum Gasteiger partial charge on any atom is 0.329 e. The molecular weight excluding hydrogens is 374 g/mol. The van der Waals surface area contributed by atoms with Gasteiger partial charge >= 0.3 is 5.69 Å². The monoisotopic (exact) mass is 401 g/mol. The van der Waals surface area contributed by atoms with Crippen molar-refractivity contribution in [2.24, 2.45) is 7.05 Å². The number of hydrogen-bond acceptors (Lipinski definition) is 6. The zero-order valence-corrected chi connectivity index (χ0v) is 17.1. The van der Waals surface area contributed by atoms with E-state index < -0.39 is 17.4 Å². The van der Waals surface area contributed by atoms with E-state index in [1.54, 1.807) is 11.6 Å². The van der Waals surface area contributed by atoms with E-state index in [1.165, 1.54) is 4.57 Å². The topological polar surface area (TPSA) is 114 Å². The summed E-state index contributed by atoms with van der Waals surface area (Å²) in [6.45, 7) is 6.12. The summed E-state index contributed by atoms with van der Waals surface area (Å²) in [5.74, 6) is 1.09. The Morgan fingerprint density at radius 1 is 1.34 bits per heavy atom. The summed E-state index contributed by atoms with van der Waals surface area (Å²) in [4.78, 5) is 31.1. The van der Waals surface area contributed by atoms with Crippen LogP contribution in [0.4, 0.5) is 5.95 Å². The number of aliphatic hydroxyl groups excluding tert-OH is 1. The van der Waals surface area contributed by atoms with E-state index in [1.807, 2.05) is 45.0 Å². The second kappa shape index (κ2) is 8.52. The number of aromatic amines is 1. The van der Waals surface area contributed by atoms with Crippen molar-refractivity contribution in [2.45, 2.75) is 45.9 Å². The van der Waals surface area contributed by atoms with Crippen molar-refractivity contribution in [1.82, 2.24) is 19.1 Å². The minimum Gasteiger partial charge on any atom is -0.491 e. The fourth-order valence-electron chi connectivity index (χ4n) is 3.01. The quantitative estimate of drug-likeness (QED) is 0.525. The Morgan fingerprint density at radius 3 is 2.79 bits per heavy atom. The number of nitrogens with zero attached hydrogens (tertiary/aromatic N) is 3. The molecule has 0 radical (unpaired) electrons. The highest BCUT2D eigenvalue weighted by molar-refractivity contribution is 5.74. The molecule has 2 aromatic heterocycles. The van der Waals surface area contributed by atoms with Crippen LogP contribution in [0.25, 0.3) is 11.2 Å². The number of aliphatic hydroxyl groups is 1. The maximum absolute atomic E-state index is 12.5. The summed E-state index contributed by atoms with van der Waals surface area (Å²) in [6.07, 6.45) is -0.0423. The lowest BCUT2D eigenvalue weighted by Crippen LogP contribution is -2.31. The minimum atomic E-state index is -0.887. The second-order valence-electron chi connectivity index (χ2n) is 7.27. The highest BCUT2D eigenvalue weighted by Crippen LogP contribution is 2.18. The van der Waals surface area contributed by atoms with Gasteiger partial charge in [-0.05, 0) is 38.0 Å². The van der Waals surface area contributed by atoms with Gasteiger partial charge < -0.3 is 19.7 Å². The molecule has 156 valence electrons. The van der Waals surface area contributed by atoms with Crippen molar-refractivity contribution >= 4 is 17.1 Å². The zero-order chi connectivity index (χ0) is 21.1. The summed E-state index contributed by atoms with van der Waals surface area (Å²) < 4.78 is 8.56. The lowest BCUT2D eigenvalue weighted by Gasteiger charge is -2.18. The van der Waals surface area contributed by atoms with Crippen LogP contribution in [0, 0.1) is 6.92 Å². The molecule has 0 aliphatic rings. The van der Waals surface area contributed by atoms with Crippen molar-refractivity contribution in [3.8, 4) is 5.75 Å². The van der Waals surface area contributed by atoms with Gasteiger partial charge in [0.05, 0.1) is 6.54 Å². The van der Waals surface area contributed by atoms with Crippen LogP contribution < -0.4 is 21.3 Å². The first-order valence-corrected chi connectivity index (χ1v) is 9.63. The number of fused-ring (bicyclic) bond motifs is 1. The normalized spacial score (nSPS) is 13.4. The molecule has 9 heteroatoms. The molecule has 0 amide bonds. The molecule has 0 saturated carbocycles. The Morgan fingerprint density at radius 2 is 2.10 bits per heavy atom. The molecule has 3 rings (SSSR count). The van der Waals surface area contributed by atoms with Gasteiger partial charge in [-0.2, -0.15) is 4.98 Å². The molecule has 3 N–H and O–H groups in total. The molecule has 0 saturated heterocycles. The van der Waals surface area contributed by atoms with Crippen molar-refractivity contribution in [3.05, 3.63) is 50.7 Å². The van der Waals surface area contributed by atoms with Crippen LogP contribution >= 0.6 is 0 Å². The Bertz CT molecular complexity index is 1110. The molecule has 0 aliphatic heterocycles. The SMILES string of the molecule is CCC(C)Nc1nc2c(c(=O)[nH]c(=O)n2C)n1CC(O)COc1cccc(C)c1. The molecule has 0 aliphatic carbocycles. The number of rotatable bonds is 8. The number of aromatic nitrogens is 4. The van der Waals surface area contributed by atoms with Gasteiger partial charge in [-0.15, -0.1) is 0 Å². The first kappa shape index (κ1) is 20.7. The van der Waals surface area contributed by atoms with Gasteiger partial charge in [0.25, 0.3) is 5.56 Å². The van der Waals surface area contributed by atoms with E-state index in [0.717, 1.165) is 12.0 Å². The largest absolute Gasteiger partial charge is 0.491 e. The van der Waals surface area contributed by atoms with Crippen LogP contribution in [-0.2, 0) is 13.6 Å². The Balaban J connectivity index is 1.91. The molecule has 1 aromatic carbocycles. The van der Waals surface area contributed by atoms with Gasteiger partial charge in [0.15, 0.2) is 11.2 Å². The molecule has 2 heterocycles.